The summed E-state index contributed by atoms with van der Waals surface area (Å²) in [6, 6.07) is 14.6. The number of benzene rings is 2. The molecule has 186 valence electrons. The molecule has 1 aromatic heterocycles. The minimum Gasteiger partial charge on any atom is -0.493 e. The number of aliphatic hydroxyl groups is 1. The van der Waals surface area contributed by atoms with Crippen LogP contribution >= 0.6 is 0 Å². The lowest BCUT2D eigenvalue weighted by Gasteiger charge is -2.49. The third kappa shape index (κ3) is 4.82. The maximum absolute atomic E-state index is 11.0. The van der Waals surface area contributed by atoms with Gasteiger partial charge in [0.2, 0.25) is 0 Å². The highest BCUT2D eigenvalue weighted by Gasteiger charge is 2.46. The van der Waals surface area contributed by atoms with E-state index < -0.39 is 0 Å². The van der Waals surface area contributed by atoms with Crippen molar-refractivity contribution in [2.45, 2.75) is 44.6 Å². The highest BCUT2D eigenvalue weighted by atomic mass is 16.5. The normalized spacial score (nSPS) is 23.6. The lowest BCUT2D eigenvalue weighted by Crippen LogP contribution is -2.45. The van der Waals surface area contributed by atoms with Gasteiger partial charge in [-0.25, -0.2) is 4.98 Å². The highest BCUT2D eigenvalue weighted by molar-refractivity contribution is 5.79. The number of methoxy groups -OCH3 is 2. The van der Waals surface area contributed by atoms with Gasteiger partial charge in [-0.15, -0.1) is 0 Å². The van der Waals surface area contributed by atoms with Crippen molar-refractivity contribution in [1.29, 1.82) is 0 Å². The van der Waals surface area contributed by atoms with E-state index in [2.05, 4.69) is 53.3 Å². The number of hydrogen-bond acceptors (Lipinski definition) is 5. The summed E-state index contributed by atoms with van der Waals surface area (Å²) < 4.78 is 10.8. The number of hydrogen-bond donors (Lipinski definition) is 2. The van der Waals surface area contributed by atoms with Gasteiger partial charge in [0.25, 0.3) is 0 Å². The van der Waals surface area contributed by atoms with E-state index in [0.717, 1.165) is 62.1 Å². The van der Waals surface area contributed by atoms with Crippen LogP contribution in [0.1, 0.15) is 43.5 Å². The van der Waals surface area contributed by atoms with Gasteiger partial charge >= 0.3 is 0 Å². The minimum atomic E-state index is -0.230. The van der Waals surface area contributed by atoms with Gasteiger partial charge in [0.1, 0.15) is 5.82 Å². The fourth-order valence-electron chi connectivity index (χ4n) is 5.96. The summed E-state index contributed by atoms with van der Waals surface area (Å²) in [5, 5.41) is 11.0. The Hall–Kier alpha value is -2.83. The molecule has 6 rings (SSSR count). The Morgan fingerprint density at radius 1 is 1.11 bits per heavy atom. The monoisotopic (exact) mass is 475 g/mol. The molecule has 3 aromatic rings. The van der Waals surface area contributed by atoms with Crippen molar-refractivity contribution in [1.82, 2.24) is 14.9 Å². The van der Waals surface area contributed by atoms with E-state index in [0.29, 0.717) is 17.4 Å². The number of ether oxygens (including phenoxy) is 2. The number of nitrogens with zero attached hydrogens (tertiary/aromatic N) is 2. The molecule has 3 unspecified atom stereocenters. The second-order valence-corrected chi connectivity index (χ2v) is 10.3. The molecule has 1 heterocycles. The van der Waals surface area contributed by atoms with Crippen molar-refractivity contribution < 1.29 is 14.6 Å². The average Bonchev–Trinajstić information content (AvgIpc) is 3.29. The van der Waals surface area contributed by atoms with Gasteiger partial charge in [0, 0.05) is 24.0 Å². The summed E-state index contributed by atoms with van der Waals surface area (Å²) in [4.78, 5) is 10.6. The lowest BCUT2D eigenvalue weighted by atomic mass is 9.58. The average molecular weight is 476 g/mol. The predicted octanol–water partition coefficient (Wildman–Crippen LogP) is 5.08. The lowest BCUT2D eigenvalue weighted by molar-refractivity contribution is -0.00944. The van der Waals surface area contributed by atoms with E-state index in [4.69, 9.17) is 14.5 Å². The van der Waals surface area contributed by atoms with Gasteiger partial charge < -0.3 is 24.5 Å². The number of aromatic amines is 1. The summed E-state index contributed by atoms with van der Waals surface area (Å²) in [5.74, 6) is 2.88. The Morgan fingerprint density at radius 3 is 2.63 bits per heavy atom. The molecule has 3 aliphatic carbocycles. The fraction of sp³-hybridized carbons (Fsp3) is 0.483. The number of aliphatic hydroxyl groups excluding tert-OH is 1. The molecule has 35 heavy (non-hydrogen) atoms. The van der Waals surface area contributed by atoms with Crippen LogP contribution in [0.5, 0.6) is 11.5 Å². The van der Waals surface area contributed by atoms with Crippen LogP contribution in [-0.2, 0) is 6.42 Å². The Labute approximate surface area is 208 Å². The third-order valence-corrected chi connectivity index (χ3v) is 8.07. The van der Waals surface area contributed by atoms with Crippen molar-refractivity contribution >= 4 is 16.6 Å². The topological polar surface area (TPSA) is 70.6 Å². The van der Waals surface area contributed by atoms with E-state index in [1.54, 1.807) is 14.2 Å². The molecule has 2 N–H and O–H groups in total. The summed E-state index contributed by atoms with van der Waals surface area (Å²) in [6.45, 7) is 1.97. The molecule has 2 bridgehead atoms. The largest absolute Gasteiger partial charge is 0.493 e. The molecule has 0 amide bonds. The Bertz CT molecular complexity index is 1150. The summed E-state index contributed by atoms with van der Waals surface area (Å²) in [5.41, 5.74) is 4.54. The molecular weight excluding hydrogens is 438 g/mol. The number of H-pyrrole nitrogens is 1. The van der Waals surface area contributed by atoms with Crippen molar-refractivity contribution in [3.8, 4) is 11.5 Å². The molecule has 0 radical (unpaired) electrons. The summed E-state index contributed by atoms with van der Waals surface area (Å²) in [6.07, 6.45) is 8.27. The van der Waals surface area contributed by atoms with Crippen LogP contribution in [0.3, 0.4) is 0 Å². The zero-order chi connectivity index (χ0) is 24.4. The number of rotatable bonds is 10. The van der Waals surface area contributed by atoms with Gasteiger partial charge in [-0.05, 0) is 69.3 Å². The summed E-state index contributed by atoms with van der Waals surface area (Å²) in [7, 11) is 5.48. The number of allylic oxidation sites excluding steroid dienone is 1. The Morgan fingerprint density at radius 2 is 1.89 bits per heavy atom. The first-order chi connectivity index (χ1) is 17.0. The molecule has 3 atom stereocenters. The Kier molecular flexibility index (Phi) is 6.85. The number of aryl methyl sites for hydroxylation is 1. The first-order valence-corrected chi connectivity index (χ1v) is 12.8. The van der Waals surface area contributed by atoms with E-state index in [9.17, 15) is 5.11 Å². The second kappa shape index (κ2) is 10.0. The van der Waals surface area contributed by atoms with Gasteiger partial charge in [0.15, 0.2) is 11.5 Å². The SMILES string of the molecule is COc1cc2nc(CCCN(C)CCC34C=C(c5ccccc5)C(CC3)CC4O)[nH]c2cc1OC. The van der Waals surface area contributed by atoms with Crippen molar-refractivity contribution in [3.05, 3.63) is 59.9 Å². The van der Waals surface area contributed by atoms with E-state index in [1.165, 1.54) is 17.6 Å². The molecular formula is C29H37N3O3. The van der Waals surface area contributed by atoms with Crippen LogP contribution in [0.25, 0.3) is 16.6 Å². The summed E-state index contributed by atoms with van der Waals surface area (Å²) >= 11 is 0. The second-order valence-electron chi connectivity index (χ2n) is 10.3. The van der Waals surface area contributed by atoms with E-state index >= 15 is 0 Å². The van der Waals surface area contributed by atoms with Crippen molar-refractivity contribution in [2.75, 3.05) is 34.4 Å². The smallest absolute Gasteiger partial charge is 0.163 e. The molecule has 0 saturated heterocycles. The van der Waals surface area contributed by atoms with Gasteiger partial charge in [0.05, 0.1) is 31.4 Å². The molecule has 2 aromatic carbocycles. The standard InChI is InChI=1S/C29H37N3O3/c1-32(14-7-10-28-30-23-17-25(34-2)26(35-3)18-24(23)31-28)15-13-29-12-11-21(16-27(29)33)22(19-29)20-8-5-4-6-9-20/h4-6,8-9,17-19,21,27,33H,7,10-16H2,1-3H3,(H,30,31). The first-order valence-electron chi connectivity index (χ1n) is 12.8. The van der Waals surface area contributed by atoms with Gasteiger partial charge in [-0.1, -0.05) is 36.4 Å². The van der Waals surface area contributed by atoms with Crippen molar-refractivity contribution in [3.63, 3.8) is 0 Å². The molecule has 1 fully saturated rings. The van der Waals surface area contributed by atoms with Crippen LogP contribution in [0, 0.1) is 11.3 Å². The number of imidazole rings is 1. The molecule has 0 spiro atoms. The van der Waals surface area contributed by atoms with Crippen LogP contribution in [0.4, 0.5) is 0 Å². The predicted molar refractivity (Wildman–Crippen MR) is 140 cm³/mol. The highest BCUT2D eigenvalue weighted by Crippen LogP contribution is 2.53. The van der Waals surface area contributed by atoms with Gasteiger partial charge in [-0.3, -0.25) is 0 Å². The van der Waals surface area contributed by atoms with Crippen LogP contribution in [0.15, 0.2) is 48.5 Å². The van der Waals surface area contributed by atoms with Crippen LogP contribution in [-0.4, -0.2) is 60.4 Å². The number of fused-ring (bicyclic) bond motifs is 3. The van der Waals surface area contributed by atoms with Crippen molar-refractivity contribution in [2.24, 2.45) is 11.3 Å². The fourth-order valence-corrected chi connectivity index (χ4v) is 5.96. The molecule has 1 saturated carbocycles. The number of aromatic nitrogens is 2. The van der Waals surface area contributed by atoms with E-state index in [1.807, 2.05) is 12.1 Å². The molecule has 0 aliphatic heterocycles. The molecule has 6 nitrogen and oxygen atoms in total. The molecule has 6 heteroatoms. The molecule has 3 aliphatic rings. The van der Waals surface area contributed by atoms with Crippen LogP contribution < -0.4 is 9.47 Å². The first kappa shape index (κ1) is 23.9. The Balaban J connectivity index is 1.18. The third-order valence-electron chi connectivity index (χ3n) is 8.07. The quantitative estimate of drug-likeness (QED) is 0.428. The maximum atomic E-state index is 11.0. The minimum absolute atomic E-state index is 0.0922. The van der Waals surface area contributed by atoms with Crippen LogP contribution in [0.2, 0.25) is 0 Å². The number of nitrogens with one attached hydrogen (secondary N) is 1. The zero-order valence-electron chi connectivity index (χ0n) is 21.1. The van der Waals surface area contributed by atoms with Gasteiger partial charge in [-0.2, -0.15) is 0 Å². The maximum Gasteiger partial charge on any atom is 0.163 e. The zero-order valence-corrected chi connectivity index (χ0v) is 21.1. The van der Waals surface area contributed by atoms with E-state index in [-0.39, 0.29) is 11.5 Å².